The van der Waals surface area contributed by atoms with Crippen molar-refractivity contribution in [3.05, 3.63) is 35.9 Å². The van der Waals surface area contributed by atoms with Crippen LogP contribution < -0.4 is 40.2 Å². The Morgan fingerprint density at radius 2 is 1.95 bits per heavy atom. The summed E-state index contributed by atoms with van der Waals surface area (Å²) in [6.07, 6.45) is 0. The van der Waals surface area contributed by atoms with Crippen molar-refractivity contribution < 1.29 is 34.3 Å². The predicted octanol–water partition coefficient (Wildman–Crippen LogP) is -1.11. The van der Waals surface area contributed by atoms with E-state index in [0.717, 1.165) is 0 Å². The molecule has 0 spiro atoms. The molecular formula is C12H15N2NaOS3. The standard InChI is InChI=1S/C12H16N2OS3.Na/c1-9(8-15-12(17)18)14-11(16)13-7-10-5-3-2-4-6-10;/h2-6,9H,7-8H2,1H3,(H,17,18)(H2,13,14,16);/q;+1/p-1. The summed E-state index contributed by atoms with van der Waals surface area (Å²) in [6, 6.07) is 10.1. The molecule has 0 fully saturated rings. The van der Waals surface area contributed by atoms with Crippen LogP contribution in [0.3, 0.4) is 0 Å². The Labute approximate surface area is 152 Å². The van der Waals surface area contributed by atoms with E-state index in [0.29, 0.717) is 18.3 Å². The second-order valence-electron chi connectivity index (χ2n) is 3.77. The van der Waals surface area contributed by atoms with E-state index in [1.54, 1.807) is 0 Å². The first-order valence-corrected chi connectivity index (χ1v) is 6.72. The average molecular weight is 322 g/mol. The van der Waals surface area contributed by atoms with Gasteiger partial charge in [0.05, 0.1) is 6.04 Å². The minimum Gasteiger partial charge on any atom is -0.511 e. The van der Waals surface area contributed by atoms with Gasteiger partial charge in [-0.3, -0.25) is 0 Å². The SMILES string of the molecule is CC(COC(=S)[S-])NC(=S)NCc1ccccc1.[Na+]. The Morgan fingerprint density at radius 3 is 2.53 bits per heavy atom. The van der Waals surface area contributed by atoms with Gasteiger partial charge in [-0.2, -0.15) is 0 Å². The summed E-state index contributed by atoms with van der Waals surface area (Å²) in [5.41, 5.74) is 1.18. The molecule has 1 aromatic carbocycles. The average Bonchev–Trinajstić information content (AvgIpc) is 2.35. The monoisotopic (exact) mass is 322 g/mol. The number of ether oxygens (including phenoxy) is 1. The maximum absolute atomic E-state index is 5.17. The molecule has 0 saturated carbocycles. The van der Waals surface area contributed by atoms with Crippen LogP contribution >= 0.6 is 24.4 Å². The van der Waals surface area contributed by atoms with E-state index in [1.807, 2.05) is 37.3 Å². The van der Waals surface area contributed by atoms with E-state index in [-0.39, 0.29) is 40.0 Å². The van der Waals surface area contributed by atoms with Gasteiger partial charge < -0.3 is 40.2 Å². The van der Waals surface area contributed by atoms with E-state index in [1.165, 1.54) is 5.56 Å². The van der Waals surface area contributed by atoms with Crippen molar-refractivity contribution >= 4 is 46.6 Å². The normalized spacial score (nSPS) is 10.8. The van der Waals surface area contributed by atoms with Crippen LogP contribution in [-0.2, 0) is 23.9 Å². The molecule has 1 aromatic rings. The topological polar surface area (TPSA) is 33.3 Å². The Kier molecular flexibility index (Phi) is 10.8. The molecule has 1 unspecified atom stereocenters. The van der Waals surface area contributed by atoms with Gasteiger partial charge in [-0.25, -0.2) is 0 Å². The van der Waals surface area contributed by atoms with E-state index < -0.39 is 0 Å². The Bertz CT molecular complexity index is 403. The number of thiocarbonyl (C=S) groups is 2. The van der Waals surface area contributed by atoms with Crippen molar-refractivity contribution in [2.24, 2.45) is 0 Å². The molecule has 3 nitrogen and oxygen atoms in total. The molecule has 0 saturated heterocycles. The molecule has 19 heavy (non-hydrogen) atoms. The Balaban J connectivity index is 0.00000324. The van der Waals surface area contributed by atoms with E-state index in [9.17, 15) is 0 Å². The molecule has 98 valence electrons. The van der Waals surface area contributed by atoms with Crippen LogP contribution in [-0.4, -0.2) is 22.1 Å². The van der Waals surface area contributed by atoms with Gasteiger partial charge in [0.2, 0.25) is 0 Å². The fourth-order valence-corrected chi connectivity index (χ4v) is 1.70. The molecule has 7 heteroatoms. The summed E-state index contributed by atoms with van der Waals surface area (Å²) in [7, 11) is 0. The second kappa shape index (κ2) is 10.8. The molecule has 0 aliphatic carbocycles. The molecule has 0 heterocycles. The van der Waals surface area contributed by atoms with Crippen LogP contribution in [0.25, 0.3) is 0 Å². The van der Waals surface area contributed by atoms with Crippen LogP contribution in [0.4, 0.5) is 0 Å². The van der Waals surface area contributed by atoms with E-state index in [2.05, 4.69) is 35.5 Å². The first-order valence-electron chi connectivity index (χ1n) is 5.50. The zero-order chi connectivity index (χ0) is 13.4. The maximum atomic E-state index is 5.17. The molecule has 0 amide bonds. The zero-order valence-electron chi connectivity index (χ0n) is 11.0. The number of rotatable bonds is 5. The van der Waals surface area contributed by atoms with Crippen LogP contribution in [0.1, 0.15) is 12.5 Å². The number of nitrogens with one attached hydrogen (secondary N) is 2. The molecule has 0 bridgehead atoms. The van der Waals surface area contributed by atoms with E-state index in [4.69, 9.17) is 17.0 Å². The molecule has 2 N–H and O–H groups in total. The van der Waals surface area contributed by atoms with Crippen LogP contribution in [0, 0.1) is 0 Å². The molecule has 0 radical (unpaired) electrons. The first kappa shape index (κ1) is 19.0. The summed E-state index contributed by atoms with van der Waals surface area (Å²) < 4.78 is 5.19. The molecule has 0 aliphatic rings. The van der Waals surface area contributed by atoms with Crippen LogP contribution in [0.5, 0.6) is 0 Å². The van der Waals surface area contributed by atoms with Gasteiger partial charge in [0.25, 0.3) is 0 Å². The predicted molar refractivity (Wildman–Crippen MR) is 84.4 cm³/mol. The fourth-order valence-electron chi connectivity index (χ4n) is 1.29. The first-order chi connectivity index (χ1) is 8.58. The van der Waals surface area contributed by atoms with Gasteiger partial charge >= 0.3 is 29.6 Å². The number of hydrogen-bond donors (Lipinski definition) is 2. The van der Waals surface area contributed by atoms with Gasteiger partial charge in [-0.1, -0.05) is 30.3 Å². The van der Waals surface area contributed by atoms with Crippen molar-refractivity contribution in [3.63, 3.8) is 0 Å². The third kappa shape index (κ3) is 9.54. The zero-order valence-corrected chi connectivity index (χ0v) is 15.5. The maximum Gasteiger partial charge on any atom is 1.00 e. The minimum absolute atomic E-state index is 0. The molecule has 0 aliphatic heterocycles. The summed E-state index contributed by atoms with van der Waals surface area (Å²) in [5.74, 6) is 0. The van der Waals surface area contributed by atoms with E-state index >= 15 is 0 Å². The number of benzene rings is 1. The largest absolute Gasteiger partial charge is 1.00 e. The summed E-state index contributed by atoms with van der Waals surface area (Å²) >= 11 is 14.5. The van der Waals surface area contributed by atoms with Gasteiger partial charge in [-0.15, -0.1) is 0 Å². The summed E-state index contributed by atoms with van der Waals surface area (Å²) in [5, 5.41) is 6.81. The van der Waals surface area contributed by atoms with Crippen LogP contribution in [0.2, 0.25) is 0 Å². The van der Waals surface area contributed by atoms with Gasteiger partial charge in [0.15, 0.2) is 5.11 Å². The second-order valence-corrected chi connectivity index (χ2v) is 5.18. The fraction of sp³-hybridized carbons (Fsp3) is 0.333. The number of hydrogen-bond acceptors (Lipinski definition) is 4. The van der Waals surface area contributed by atoms with Gasteiger partial charge in [0, 0.05) is 10.9 Å². The van der Waals surface area contributed by atoms with Gasteiger partial charge in [0.1, 0.15) is 6.61 Å². The third-order valence-electron chi connectivity index (χ3n) is 2.12. The molecular weight excluding hydrogens is 307 g/mol. The van der Waals surface area contributed by atoms with Crippen molar-refractivity contribution in [3.8, 4) is 0 Å². The molecule has 0 aromatic heterocycles. The Hall–Kier alpha value is 0.0200. The third-order valence-corrected chi connectivity index (χ3v) is 2.62. The van der Waals surface area contributed by atoms with Gasteiger partial charge in [-0.05, 0) is 24.7 Å². The van der Waals surface area contributed by atoms with Crippen molar-refractivity contribution in [1.29, 1.82) is 0 Å². The van der Waals surface area contributed by atoms with Crippen molar-refractivity contribution in [1.82, 2.24) is 10.6 Å². The van der Waals surface area contributed by atoms with Crippen molar-refractivity contribution in [2.75, 3.05) is 6.61 Å². The molecule has 1 rings (SSSR count). The summed E-state index contributed by atoms with van der Waals surface area (Å²) in [6.45, 7) is 3.05. The van der Waals surface area contributed by atoms with Crippen molar-refractivity contribution in [2.45, 2.75) is 19.5 Å². The molecule has 1 atom stereocenters. The Morgan fingerprint density at radius 1 is 1.32 bits per heavy atom. The minimum atomic E-state index is 0. The van der Waals surface area contributed by atoms with Crippen LogP contribution in [0.15, 0.2) is 30.3 Å². The quantitative estimate of drug-likeness (QED) is 0.407. The summed E-state index contributed by atoms with van der Waals surface area (Å²) in [4.78, 5) is 0. The smallest absolute Gasteiger partial charge is 0.511 e.